The standard InChI is InChI=1S/C12H24B2N2O4/c13-15-1-5-17-9-10-19-7-3-16(14)4-8-20-12-11-18-6-2-15/h1-12H2. The van der Waals surface area contributed by atoms with Gasteiger partial charge in [-0.2, -0.15) is 0 Å². The Hall–Kier alpha value is -0.110. The Balaban J connectivity index is 2.16. The van der Waals surface area contributed by atoms with E-state index >= 15 is 0 Å². The molecule has 1 aliphatic heterocycles. The summed E-state index contributed by atoms with van der Waals surface area (Å²) in [4.78, 5) is 3.38. The molecule has 0 bridgehead atoms. The van der Waals surface area contributed by atoms with Gasteiger partial charge < -0.3 is 28.6 Å². The molecule has 1 rings (SSSR count). The monoisotopic (exact) mass is 282 g/mol. The van der Waals surface area contributed by atoms with Crippen LogP contribution in [-0.2, 0) is 18.9 Å². The first kappa shape index (κ1) is 17.9. The van der Waals surface area contributed by atoms with Crippen LogP contribution in [0.5, 0.6) is 0 Å². The summed E-state index contributed by atoms with van der Waals surface area (Å²) >= 11 is 0. The maximum absolute atomic E-state index is 5.79. The van der Waals surface area contributed by atoms with Gasteiger partial charge in [-0.15, -0.1) is 0 Å². The summed E-state index contributed by atoms with van der Waals surface area (Å²) in [5.74, 6) is 0. The molecule has 0 aromatic carbocycles. The van der Waals surface area contributed by atoms with Crippen molar-refractivity contribution < 1.29 is 18.9 Å². The Labute approximate surface area is 124 Å². The predicted octanol–water partition coefficient (Wildman–Crippen LogP) is -1.16. The second-order valence-electron chi connectivity index (χ2n) is 4.52. The first-order chi connectivity index (χ1) is 9.79. The molecule has 0 N–H and O–H groups in total. The van der Waals surface area contributed by atoms with Gasteiger partial charge in [-0.25, -0.2) is 0 Å². The van der Waals surface area contributed by atoms with E-state index in [9.17, 15) is 0 Å². The van der Waals surface area contributed by atoms with Crippen LogP contribution >= 0.6 is 0 Å². The van der Waals surface area contributed by atoms with Crippen LogP contribution in [0.4, 0.5) is 0 Å². The van der Waals surface area contributed by atoms with Gasteiger partial charge in [0.05, 0.1) is 52.9 Å². The van der Waals surface area contributed by atoms with Crippen molar-refractivity contribution in [2.75, 3.05) is 79.0 Å². The summed E-state index contributed by atoms with van der Waals surface area (Å²) in [6, 6.07) is 0. The van der Waals surface area contributed by atoms with E-state index in [0.717, 1.165) is 0 Å². The molecule has 0 atom stereocenters. The van der Waals surface area contributed by atoms with Crippen molar-refractivity contribution in [1.29, 1.82) is 0 Å². The minimum absolute atomic E-state index is 0.567. The van der Waals surface area contributed by atoms with E-state index in [1.807, 2.05) is 0 Å². The van der Waals surface area contributed by atoms with Crippen molar-refractivity contribution >= 4 is 16.0 Å². The Kier molecular flexibility index (Phi) is 11.3. The zero-order chi connectivity index (χ0) is 14.5. The molecule has 0 aliphatic carbocycles. The third-order valence-electron chi connectivity index (χ3n) is 2.84. The highest BCUT2D eigenvalue weighted by Crippen LogP contribution is 1.89. The molecule has 112 valence electrons. The molecular formula is C12H24B2N2O4. The number of nitrogens with zero attached hydrogens (tertiary/aromatic N) is 2. The van der Waals surface area contributed by atoms with Crippen LogP contribution in [0.25, 0.3) is 0 Å². The summed E-state index contributed by atoms with van der Waals surface area (Å²) in [6.07, 6.45) is 0. The second kappa shape index (κ2) is 12.6. The average Bonchev–Trinajstić information content (AvgIpc) is 2.43. The molecule has 4 radical (unpaired) electrons. The molecule has 1 saturated heterocycles. The van der Waals surface area contributed by atoms with E-state index in [1.165, 1.54) is 0 Å². The van der Waals surface area contributed by atoms with Gasteiger partial charge in [-0.3, -0.25) is 0 Å². The molecule has 0 aromatic heterocycles. The number of hydrogen-bond acceptors (Lipinski definition) is 6. The van der Waals surface area contributed by atoms with Crippen LogP contribution in [0.2, 0.25) is 0 Å². The molecule has 0 saturated carbocycles. The van der Waals surface area contributed by atoms with Crippen LogP contribution < -0.4 is 0 Å². The summed E-state index contributed by atoms with van der Waals surface area (Å²) < 4.78 is 21.7. The first-order valence-corrected chi connectivity index (χ1v) is 7.09. The van der Waals surface area contributed by atoms with E-state index in [2.05, 4.69) is 0 Å². The fourth-order valence-electron chi connectivity index (χ4n) is 1.59. The number of hydrogen-bond donors (Lipinski definition) is 0. The lowest BCUT2D eigenvalue weighted by Gasteiger charge is -2.19. The molecule has 0 spiro atoms. The molecule has 8 heteroatoms. The van der Waals surface area contributed by atoms with Gasteiger partial charge in [-0.1, -0.05) is 0 Å². The molecule has 0 unspecified atom stereocenters. The smallest absolute Gasteiger partial charge is 0.182 e. The topological polar surface area (TPSA) is 43.4 Å². The number of ether oxygens (including phenoxy) is 4. The Morgan fingerprint density at radius 3 is 0.950 bits per heavy atom. The number of rotatable bonds is 0. The van der Waals surface area contributed by atoms with Gasteiger partial charge >= 0.3 is 0 Å². The highest BCUT2D eigenvalue weighted by Gasteiger charge is 2.01. The lowest BCUT2D eigenvalue weighted by atomic mass is 10.3. The largest absolute Gasteiger partial charge is 0.378 e. The van der Waals surface area contributed by atoms with Gasteiger partial charge in [0.2, 0.25) is 0 Å². The normalized spacial score (nSPS) is 24.8. The Morgan fingerprint density at radius 1 is 0.450 bits per heavy atom. The molecule has 1 heterocycles. The first-order valence-electron chi connectivity index (χ1n) is 7.09. The molecule has 20 heavy (non-hydrogen) atoms. The predicted molar refractivity (Wildman–Crippen MR) is 77.9 cm³/mol. The maximum Gasteiger partial charge on any atom is 0.182 e. The van der Waals surface area contributed by atoms with Crippen LogP contribution in [0.3, 0.4) is 0 Å². The van der Waals surface area contributed by atoms with Crippen molar-refractivity contribution in [3.8, 4) is 0 Å². The summed E-state index contributed by atoms with van der Waals surface area (Å²) in [7, 11) is 11.6. The summed E-state index contributed by atoms with van der Waals surface area (Å²) in [5.41, 5.74) is 0. The van der Waals surface area contributed by atoms with Crippen molar-refractivity contribution in [2.45, 2.75) is 0 Å². The zero-order valence-electron chi connectivity index (χ0n) is 12.2. The third-order valence-corrected chi connectivity index (χ3v) is 2.84. The van der Waals surface area contributed by atoms with E-state index < -0.39 is 0 Å². The third kappa shape index (κ3) is 10.7. The SMILES string of the molecule is [B]N1CCOCCOCCN([B])CCOCCOCC1. The lowest BCUT2D eigenvalue weighted by Crippen LogP contribution is -2.31. The minimum atomic E-state index is 0.567. The van der Waals surface area contributed by atoms with Crippen molar-refractivity contribution in [2.24, 2.45) is 0 Å². The lowest BCUT2D eigenvalue weighted by molar-refractivity contribution is 0.0240. The minimum Gasteiger partial charge on any atom is -0.378 e. The average molecular weight is 282 g/mol. The highest BCUT2D eigenvalue weighted by atomic mass is 16.5. The highest BCUT2D eigenvalue weighted by molar-refractivity contribution is 6.04. The summed E-state index contributed by atoms with van der Waals surface area (Å²) in [5, 5.41) is 0. The fourth-order valence-corrected chi connectivity index (χ4v) is 1.59. The van der Waals surface area contributed by atoms with Gasteiger partial charge in [-0.05, 0) is 0 Å². The van der Waals surface area contributed by atoms with E-state index in [4.69, 9.17) is 34.9 Å². The van der Waals surface area contributed by atoms with Gasteiger partial charge in [0.1, 0.15) is 0 Å². The van der Waals surface area contributed by atoms with Gasteiger partial charge in [0, 0.05) is 26.2 Å². The Morgan fingerprint density at radius 2 is 0.700 bits per heavy atom. The zero-order valence-corrected chi connectivity index (χ0v) is 12.2. The van der Waals surface area contributed by atoms with Gasteiger partial charge in [0.15, 0.2) is 16.0 Å². The van der Waals surface area contributed by atoms with E-state index in [-0.39, 0.29) is 0 Å². The summed E-state index contributed by atoms with van der Waals surface area (Å²) in [6.45, 7) is 7.34. The van der Waals surface area contributed by atoms with Crippen LogP contribution in [0.1, 0.15) is 0 Å². The Bertz CT molecular complexity index is 186. The van der Waals surface area contributed by atoms with E-state index in [1.54, 1.807) is 9.62 Å². The maximum atomic E-state index is 5.79. The molecule has 0 amide bonds. The van der Waals surface area contributed by atoms with Crippen molar-refractivity contribution in [3.63, 3.8) is 0 Å². The van der Waals surface area contributed by atoms with E-state index in [0.29, 0.717) is 79.0 Å². The fraction of sp³-hybridized carbons (Fsp3) is 1.00. The van der Waals surface area contributed by atoms with Crippen LogP contribution in [0, 0.1) is 0 Å². The van der Waals surface area contributed by atoms with Crippen LogP contribution in [-0.4, -0.2) is 105 Å². The molecular weight excluding hydrogens is 258 g/mol. The molecule has 0 aromatic rings. The van der Waals surface area contributed by atoms with Crippen molar-refractivity contribution in [3.05, 3.63) is 0 Å². The van der Waals surface area contributed by atoms with Gasteiger partial charge in [0.25, 0.3) is 0 Å². The molecule has 1 aliphatic rings. The molecule has 6 nitrogen and oxygen atoms in total. The molecule has 1 fully saturated rings. The second-order valence-corrected chi connectivity index (χ2v) is 4.52. The van der Waals surface area contributed by atoms with Crippen molar-refractivity contribution in [1.82, 2.24) is 9.62 Å². The quantitative estimate of drug-likeness (QED) is 0.522. The van der Waals surface area contributed by atoms with Crippen LogP contribution in [0.15, 0.2) is 0 Å².